The SMILES string of the molecule is O=C(COc1ccc2c(c1)CCC(=O)N2)NC[C@@H](c1ccccc1)N1CCCC1. The van der Waals surface area contributed by atoms with Crippen LogP contribution in [0.15, 0.2) is 48.5 Å². The van der Waals surface area contributed by atoms with Gasteiger partial charge in [0.15, 0.2) is 6.61 Å². The molecule has 1 fully saturated rings. The Hall–Kier alpha value is -2.86. The second-order valence-electron chi connectivity index (χ2n) is 7.63. The standard InChI is InChI=1S/C23H27N3O3/c27-22-11-8-18-14-19(9-10-20(18)25-22)29-16-23(28)24-15-21(26-12-4-5-13-26)17-6-2-1-3-7-17/h1-3,6-7,9-10,14,21H,4-5,8,11-13,15-16H2,(H,24,28)(H,25,27)/t21-/m0/s1. The van der Waals surface area contributed by atoms with Crippen molar-refractivity contribution in [3.8, 4) is 5.75 Å². The first-order chi connectivity index (χ1) is 14.2. The van der Waals surface area contributed by atoms with Crippen molar-refractivity contribution in [2.45, 2.75) is 31.7 Å². The molecular weight excluding hydrogens is 366 g/mol. The van der Waals surface area contributed by atoms with Gasteiger partial charge in [-0.1, -0.05) is 30.3 Å². The van der Waals surface area contributed by atoms with Crippen LogP contribution in [0, 0.1) is 0 Å². The quantitative estimate of drug-likeness (QED) is 0.759. The number of aryl methyl sites for hydroxylation is 1. The highest BCUT2D eigenvalue weighted by Gasteiger charge is 2.24. The zero-order chi connectivity index (χ0) is 20.1. The van der Waals surface area contributed by atoms with E-state index in [1.54, 1.807) is 6.07 Å². The van der Waals surface area contributed by atoms with Crippen molar-refractivity contribution in [1.82, 2.24) is 10.2 Å². The molecule has 6 nitrogen and oxygen atoms in total. The molecule has 4 rings (SSSR count). The summed E-state index contributed by atoms with van der Waals surface area (Å²) in [7, 11) is 0. The smallest absolute Gasteiger partial charge is 0.258 e. The Balaban J connectivity index is 1.31. The highest BCUT2D eigenvalue weighted by molar-refractivity contribution is 5.94. The third kappa shape index (κ3) is 4.95. The molecule has 0 radical (unpaired) electrons. The number of carbonyl (C=O) groups is 2. The van der Waals surface area contributed by atoms with Crippen molar-refractivity contribution >= 4 is 17.5 Å². The number of carbonyl (C=O) groups excluding carboxylic acids is 2. The highest BCUT2D eigenvalue weighted by atomic mass is 16.5. The van der Waals surface area contributed by atoms with E-state index in [0.717, 1.165) is 24.3 Å². The molecule has 2 aliphatic heterocycles. The Morgan fingerprint density at radius 1 is 1.10 bits per heavy atom. The summed E-state index contributed by atoms with van der Waals surface area (Å²) in [6.07, 6.45) is 3.59. The lowest BCUT2D eigenvalue weighted by atomic mass is 10.0. The van der Waals surface area contributed by atoms with E-state index in [4.69, 9.17) is 4.74 Å². The van der Waals surface area contributed by atoms with Crippen molar-refractivity contribution in [1.29, 1.82) is 0 Å². The van der Waals surface area contributed by atoms with Gasteiger partial charge in [0.1, 0.15) is 5.75 Å². The Morgan fingerprint density at radius 3 is 2.69 bits per heavy atom. The number of nitrogens with zero attached hydrogens (tertiary/aromatic N) is 1. The normalized spacial score (nSPS) is 17.3. The monoisotopic (exact) mass is 393 g/mol. The number of ether oxygens (including phenoxy) is 1. The molecule has 0 aromatic heterocycles. The molecule has 6 heteroatoms. The fraction of sp³-hybridized carbons (Fsp3) is 0.391. The molecule has 2 heterocycles. The molecule has 0 bridgehead atoms. The maximum Gasteiger partial charge on any atom is 0.258 e. The zero-order valence-corrected chi connectivity index (χ0v) is 16.5. The third-order valence-electron chi connectivity index (χ3n) is 5.60. The van der Waals surface area contributed by atoms with Crippen molar-refractivity contribution in [2.75, 3.05) is 31.6 Å². The molecule has 2 aromatic carbocycles. The molecule has 2 amide bonds. The fourth-order valence-corrected chi connectivity index (χ4v) is 4.05. The predicted molar refractivity (Wildman–Crippen MR) is 112 cm³/mol. The number of nitrogens with one attached hydrogen (secondary N) is 2. The Labute approximate surface area is 171 Å². The van der Waals surface area contributed by atoms with Crippen molar-refractivity contribution < 1.29 is 14.3 Å². The first-order valence-corrected chi connectivity index (χ1v) is 10.3. The number of likely N-dealkylation sites (tertiary alicyclic amines) is 1. The van der Waals surface area contributed by atoms with Crippen LogP contribution in [-0.4, -0.2) is 43.0 Å². The van der Waals surface area contributed by atoms with Crippen molar-refractivity contribution in [2.24, 2.45) is 0 Å². The zero-order valence-electron chi connectivity index (χ0n) is 16.5. The second-order valence-corrected chi connectivity index (χ2v) is 7.63. The minimum Gasteiger partial charge on any atom is -0.484 e. The Bertz CT molecular complexity index is 863. The number of anilines is 1. The van der Waals surface area contributed by atoms with Crippen LogP contribution in [0.4, 0.5) is 5.69 Å². The van der Waals surface area contributed by atoms with E-state index in [0.29, 0.717) is 25.1 Å². The third-order valence-corrected chi connectivity index (χ3v) is 5.60. The number of rotatable bonds is 7. The van der Waals surface area contributed by atoms with Crippen LogP contribution in [0.3, 0.4) is 0 Å². The van der Waals surface area contributed by atoms with E-state index in [1.165, 1.54) is 18.4 Å². The molecule has 152 valence electrons. The van der Waals surface area contributed by atoms with Gasteiger partial charge in [0.05, 0.1) is 6.04 Å². The average Bonchev–Trinajstić information content (AvgIpc) is 3.27. The molecule has 2 aliphatic rings. The van der Waals surface area contributed by atoms with Gasteiger partial charge in [0.2, 0.25) is 5.91 Å². The van der Waals surface area contributed by atoms with Gasteiger partial charge in [-0.3, -0.25) is 14.5 Å². The molecule has 2 aromatic rings. The van der Waals surface area contributed by atoms with Gasteiger partial charge in [0.25, 0.3) is 5.91 Å². The maximum atomic E-state index is 12.4. The van der Waals surface area contributed by atoms with Gasteiger partial charge in [-0.15, -0.1) is 0 Å². The molecule has 0 aliphatic carbocycles. The Morgan fingerprint density at radius 2 is 1.90 bits per heavy atom. The number of fused-ring (bicyclic) bond motifs is 1. The van der Waals surface area contributed by atoms with Gasteiger partial charge in [-0.2, -0.15) is 0 Å². The summed E-state index contributed by atoms with van der Waals surface area (Å²) in [5, 5.41) is 5.88. The Kier molecular flexibility index (Phi) is 6.10. The van der Waals surface area contributed by atoms with E-state index < -0.39 is 0 Å². The molecule has 0 saturated carbocycles. The van der Waals surface area contributed by atoms with E-state index in [2.05, 4.69) is 27.7 Å². The summed E-state index contributed by atoms with van der Waals surface area (Å²) in [5.41, 5.74) is 3.10. The van der Waals surface area contributed by atoms with E-state index in [1.807, 2.05) is 30.3 Å². The van der Waals surface area contributed by atoms with E-state index in [-0.39, 0.29) is 24.5 Å². The van der Waals surface area contributed by atoms with Crippen LogP contribution in [-0.2, 0) is 16.0 Å². The largest absolute Gasteiger partial charge is 0.484 e. The minimum atomic E-state index is -0.129. The first-order valence-electron chi connectivity index (χ1n) is 10.3. The predicted octanol–water partition coefficient (Wildman–Crippen LogP) is 2.90. The van der Waals surface area contributed by atoms with Gasteiger partial charge >= 0.3 is 0 Å². The first kappa shape index (κ1) is 19.5. The summed E-state index contributed by atoms with van der Waals surface area (Å²) >= 11 is 0. The summed E-state index contributed by atoms with van der Waals surface area (Å²) in [4.78, 5) is 26.3. The molecule has 1 saturated heterocycles. The molecule has 2 N–H and O–H groups in total. The van der Waals surface area contributed by atoms with Crippen LogP contribution in [0.25, 0.3) is 0 Å². The van der Waals surface area contributed by atoms with Gasteiger partial charge in [0, 0.05) is 18.7 Å². The van der Waals surface area contributed by atoms with Crippen LogP contribution in [0.1, 0.15) is 36.4 Å². The highest BCUT2D eigenvalue weighted by Crippen LogP contribution is 2.27. The van der Waals surface area contributed by atoms with Crippen molar-refractivity contribution in [3.05, 3.63) is 59.7 Å². The van der Waals surface area contributed by atoms with E-state index in [9.17, 15) is 9.59 Å². The van der Waals surface area contributed by atoms with Crippen LogP contribution in [0.5, 0.6) is 5.75 Å². The maximum absolute atomic E-state index is 12.4. The van der Waals surface area contributed by atoms with Crippen LogP contribution >= 0.6 is 0 Å². The van der Waals surface area contributed by atoms with Crippen LogP contribution in [0.2, 0.25) is 0 Å². The number of amides is 2. The number of hydrogen-bond acceptors (Lipinski definition) is 4. The van der Waals surface area contributed by atoms with Crippen LogP contribution < -0.4 is 15.4 Å². The molecule has 0 unspecified atom stereocenters. The van der Waals surface area contributed by atoms with Gasteiger partial charge in [-0.25, -0.2) is 0 Å². The summed E-state index contributed by atoms with van der Waals surface area (Å²) in [5.74, 6) is 0.557. The molecule has 0 spiro atoms. The van der Waals surface area contributed by atoms with Gasteiger partial charge in [-0.05, 0) is 61.7 Å². The lowest BCUT2D eigenvalue weighted by Gasteiger charge is -2.28. The second kappa shape index (κ2) is 9.09. The number of benzene rings is 2. The number of hydrogen-bond donors (Lipinski definition) is 2. The topological polar surface area (TPSA) is 70.7 Å². The molecular formula is C23H27N3O3. The lowest BCUT2D eigenvalue weighted by molar-refractivity contribution is -0.123. The average molecular weight is 393 g/mol. The molecule has 29 heavy (non-hydrogen) atoms. The lowest BCUT2D eigenvalue weighted by Crippen LogP contribution is -2.38. The summed E-state index contributed by atoms with van der Waals surface area (Å²) in [6, 6.07) is 16.1. The minimum absolute atomic E-state index is 0.0212. The fourth-order valence-electron chi connectivity index (χ4n) is 4.05. The molecule has 1 atom stereocenters. The van der Waals surface area contributed by atoms with Crippen molar-refractivity contribution in [3.63, 3.8) is 0 Å². The summed E-state index contributed by atoms with van der Waals surface area (Å²) < 4.78 is 5.69. The van der Waals surface area contributed by atoms with E-state index >= 15 is 0 Å². The summed E-state index contributed by atoms with van der Waals surface area (Å²) in [6.45, 7) is 2.68. The van der Waals surface area contributed by atoms with Gasteiger partial charge < -0.3 is 15.4 Å².